The van der Waals surface area contributed by atoms with Crippen molar-refractivity contribution in [3.05, 3.63) is 0 Å². The van der Waals surface area contributed by atoms with Crippen LogP contribution in [-0.2, 0) is 14.3 Å². The molecule has 0 aromatic rings. The molecule has 5 heteroatoms. The first-order valence-electron chi connectivity index (χ1n) is 5.25. The fourth-order valence-electron chi connectivity index (χ4n) is 1.48. The fraction of sp³-hybridized carbons (Fsp3) is 0.800. The molecular formula is C10H17NO3S. The quantitative estimate of drug-likeness (QED) is 0.660. The molecule has 0 radical (unpaired) electrons. The molecule has 0 unspecified atom stereocenters. The van der Waals surface area contributed by atoms with Gasteiger partial charge in [-0.3, -0.25) is 9.59 Å². The van der Waals surface area contributed by atoms with Gasteiger partial charge in [-0.15, -0.1) is 11.8 Å². The molecule has 1 aliphatic rings. The van der Waals surface area contributed by atoms with E-state index in [9.17, 15) is 9.59 Å². The van der Waals surface area contributed by atoms with Crippen molar-refractivity contribution in [1.82, 2.24) is 4.90 Å². The summed E-state index contributed by atoms with van der Waals surface area (Å²) in [6.07, 6.45) is 2.21. The Kier molecular flexibility index (Phi) is 5.53. The molecular weight excluding hydrogens is 214 g/mol. The highest BCUT2D eigenvalue weighted by Crippen LogP contribution is 2.10. The third kappa shape index (κ3) is 4.55. The van der Waals surface area contributed by atoms with Crippen LogP contribution in [-0.4, -0.2) is 48.0 Å². The van der Waals surface area contributed by atoms with E-state index < -0.39 is 0 Å². The van der Waals surface area contributed by atoms with Crippen LogP contribution in [0.1, 0.15) is 19.8 Å². The van der Waals surface area contributed by atoms with Crippen molar-refractivity contribution in [2.75, 3.05) is 31.2 Å². The van der Waals surface area contributed by atoms with Crippen molar-refractivity contribution >= 4 is 23.6 Å². The number of thioether (sulfide) groups is 1. The van der Waals surface area contributed by atoms with E-state index in [2.05, 4.69) is 0 Å². The second-order valence-corrected chi connectivity index (χ2v) is 4.37. The van der Waals surface area contributed by atoms with Gasteiger partial charge >= 0.3 is 5.97 Å². The monoisotopic (exact) mass is 231 g/mol. The minimum Gasteiger partial charge on any atom is -0.465 e. The van der Waals surface area contributed by atoms with Gasteiger partial charge < -0.3 is 9.64 Å². The Hall–Kier alpha value is -0.710. The van der Waals surface area contributed by atoms with E-state index in [-0.39, 0.29) is 17.6 Å². The number of carbonyl (C=O) groups excluding carboxylic acids is 2. The summed E-state index contributed by atoms with van der Waals surface area (Å²) >= 11 is 1.33. The summed E-state index contributed by atoms with van der Waals surface area (Å²) in [5, 5.41) is 0. The average molecular weight is 231 g/mol. The molecule has 1 amide bonds. The molecule has 0 bridgehead atoms. The molecule has 86 valence electrons. The lowest BCUT2D eigenvalue weighted by Gasteiger charge is -2.14. The lowest BCUT2D eigenvalue weighted by molar-refractivity contribution is -0.139. The van der Waals surface area contributed by atoms with Crippen LogP contribution in [0.2, 0.25) is 0 Å². The Morgan fingerprint density at radius 1 is 1.27 bits per heavy atom. The summed E-state index contributed by atoms with van der Waals surface area (Å²) in [4.78, 5) is 24.4. The third-order valence-corrected chi connectivity index (χ3v) is 3.10. The largest absolute Gasteiger partial charge is 0.465 e. The molecule has 0 aromatic carbocycles. The normalized spacial score (nSPS) is 15.4. The smallest absolute Gasteiger partial charge is 0.315 e. The second kappa shape index (κ2) is 6.71. The summed E-state index contributed by atoms with van der Waals surface area (Å²) in [5.41, 5.74) is 0. The first kappa shape index (κ1) is 12.4. The summed E-state index contributed by atoms with van der Waals surface area (Å²) < 4.78 is 4.76. The number of amides is 1. The number of carbonyl (C=O) groups is 2. The average Bonchev–Trinajstić information content (AvgIpc) is 2.70. The van der Waals surface area contributed by atoms with E-state index in [0.717, 1.165) is 25.9 Å². The summed E-state index contributed by atoms with van der Waals surface area (Å²) in [7, 11) is 0. The highest BCUT2D eigenvalue weighted by Gasteiger charge is 2.17. The zero-order valence-electron chi connectivity index (χ0n) is 9.03. The molecule has 0 N–H and O–H groups in total. The highest BCUT2D eigenvalue weighted by atomic mass is 32.2. The van der Waals surface area contributed by atoms with Crippen LogP contribution in [0, 0.1) is 0 Å². The van der Waals surface area contributed by atoms with Crippen molar-refractivity contribution in [1.29, 1.82) is 0 Å². The third-order valence-electron chi connectivity index (χ3n) is 2.21. The van der Waals surface area contributed by atoms with Crippen LogP contribution in [0.15, 0.2) is 0 Å². The predicted octanol–water partition coefficient (Wildman–Crippen LogP) is 0.905. The molecule has 1 fully saturated rings. The Balaban J connectivity index is 2.08. The van der Waals surface area contributed by atoms with Gasteiger partial charge in [0.1, 0.15) is 0 Å². The maximum atomic E-state index is 11.5. The summed E-state index contributed by atoms with van der Waals surface area (Å²) in [6.45, 7) is 3.93. The van der Waals surface area contributed by atoms with Crippen LogP contribution in [0.25, 0.3) is 0 Å². The molecule has 1 rings (SSSR count). The Bertz CT molecular complexity index is 227. The zero-order valence-corrected chi connectivity index (χ0v) is 9.85. The summed E-state index contributed by atoms with van der Waals surface area (Å²) in [5.74, 6) is 0.560. The zero-order chi connectivity index (χ0) is 11.1. The van der Waals surface area contributed by atoms with Gasteiger partial charge in [0.2, 0.25) is 5.91 Å². The van der Waals surface area contributed by atoms with Crippen LogP contribution in [0.4, 0.5) is 0 Å². The number of nitrogens with zero attached hydrogens (tertiary/aromatic N) is 1. The molecule has 0 saturated carbocycles. The van der Waals surface area contributed by atoms with Crippen molar-refractivity contribution in [3.8, 4) is 0 Å². The minimum absolute atomic E-state index is 0.141. The Morgan fingerprint density at radius 2 is 1.93 bits per heavy atom. The van der Waals surface area contributed by atoms with E-state index in [0.29, 0.717) is 12.4 Å². The van der Waals surface area contributed by atoms with Gasteiger partial charge in [0.05, 0.1) is 18.1 Å². The van der Waals surface area contributed by atoms with E-state index >= 15 is 0 Å². The molecule has 1 saturated heterocycles. The first-order chi connectivity index (χ1) is 7.24. The Morgan fingerprint density at radius 3 is 2.53 bits per heavy atom. The van der Waals surface area contributed by atoms with Gasteiger partial charge in [0, 0.05) is 13.1 Å². The molecule has 0 aliphatic carbocycles. The van der Waals surface area contributed by atoms with Crippen LogP contribution in [0.5, 0.6) is 0 Å². The van der Waals surface area contributed by atoms with Crippen molar-refractivity contribution in [2.24, 2.45) is 0 Å². The highest BCUT2D eigenvalue weighted by molar-refractivity contribution is 8.00. The van der Waals surface area contributed by atoms with Crippen LogP contribution in [0.3, 0.4) is 0 Å². The molecule has 1 heterocycles. The maximum Gasteiger partial charge on any atom is 0.315 e. The number of hydrogen-bond acceptors (Lipinski definition) is 4. The fourth-order valence-corrected chi connectivity index (χ4v) is 2.19. The van der Waals surface area contributed by atoms with E-state index in [1.54, 1.807) is 6.92 Å². The lowest BCUT2D eigenvalue weighted by atomic mass is 10.4. The van der Waals surface area contributed by atoms with Crippen LogP contribution < -0.4 is 0 Å². The molecule has 0 atom stereocenters. The number of likely N-dealkylation sites (tertiary alicyclic amines) is 1. The van der Waals surface area contributed by atoms with Crippen molar-refractivity contribution in [2.45, 2.75) is 19.8 Å². The lowest BCUT2D eigenvalue weighted by Crippen LogP contribution is -2.29. The standard InChI is InChI=1S/C10H17NO3S/c1-2-14-10(13)8-15-7-9(12)11-5-3-4-6-11/h2-8H2,1H3. The van der Waals surface area contributed by atoms with Gasteiger partial charge in [0.15, 0.2) is 0 Å². The molecule has 1 aliphatic heterocycles. The topological polar surface area (TPSA) is 46.6 Å². The number of rotatable bonds is 5. The van der Waals surface area contributed by atoms with Gasteiger partial charge in [0.25, 0.3) is 0 Å². The van der Waals surface area contributed by atoms with Gasteiger partial charge in [-0.2, -0.15) is 0 Å². The van der Waals surface area contributed by atoms with Crippen molar-refractivity contribution < 1.29 is 14.3 Å². The number of hydrogen-bond donors (Lipinski definition) is 0. The van der Waals surface area contributed by atoms with E-state index in [1.165, 1.54) is 11.8 Å². The summed E-state index contributed by atoms with van der Waals surface area (Å²) in [6, 6.07) is 0. The van der Waals surface area contributed by atoms with Crippen molar-refractivity contribution in [3.63, 3.8) is 0 Å². The first-order valence-corrected chi connectivity index (χ1v) is 6.40. The SMILES string of the molecule is CCOC(=O)CSCC(=O)N1CCCC1. The maximum absolute atomic E-state index is 11.5. The van der Waals surface area contributed by atoms with Gasteiger partial charge in [-0.1, -0.05) is 0 Å². The minimum atomic E-state index is -0.239. The van der Waals surface area contributed by atoms with E-state index in [1.807, 2.05) is 4.90 Å². The number of ether oxygens (including phenoxy) is 1. The van der Waals surface area contributed by atoms with Gasteiger partial charge in [-0.05, 0) is 19.8 Å². The Labute approximate surface area is 94.3 Å². The molecule has 4 nitrogen and oxygen atoms in total. The predicted molar refractivity (Wildman–Crippen MR) is 59.8 cm³/mol. The molecule has 15 heavy (non-hydrogen) atoms. The van der Waals surface area contributed by atoms with Crippen LogP contribution >= 0.6 is 11.8 Å². The number of esters is 1. The second-order valence-electron chi connectivity index (χ2n) is 3.39. The van der Waals surface area contributed by atoms with E-state index in [4.69, 9.17) is 4.74 Å². The van der Waals surface area contributed by atoms with Gasteiger partial charge in [-0.25, -0.2) is 0 Å². The molecule has 0 spiro atoms. The molecule has 0 aromatic heterocycles.